The molecule has 0 aromatic heterocycles. The van der Waals surface area contributed by atoms with Crippen molar-refractivity contribution in [2.75, 3.05) is 6.61 Å². The third-order valence-corrected chi connectivity index (χ3v) is 3.01. The average Bonchev–Trinajstić information content (AvgIpc) is 2.17. The molecule has 16 heavy (non-hydrogen) atoms. The zero-order valence-electron chi connectivity index (χ0n) is 7.95. The molecule has 1 aliphatic rings. The molecule has 0 aromatic rings. The summed E-state index contributed by atoms with van der Waals surface area (Å²) in [6, 6.07) is 0. The first kappa shape index (κ1) is 14.4. The molecule has 0 saturated carbocycles. The Labute approximate surface area is 96.5 Å². The second-order valence-corrected chi connectivity index (χ2v) is 5.07. The Balaban J connectivity index is 2.57. The number of aliphatic hydroxyl groups is 3. The first-order valence-electron chi connectivity index (χ1n) is 4.30. The summed E-state index contributed by atoms with van der Waals surface area (Å²) >= 11 is 3.79. The Morgan fingerprint density at radius 2 is 1.75 bits per heavy atom. The summed E-state index contributed by atoms with van der Waals surface area (Å²) in [5, 5.41) is 28.0. The van der Waals surface area contributed by atoms with Gasteiger partial charge in [-0.1, -0.05) is 0 Å². The van der Waals surface area contributed by atoms with Gasteiger partial charge in [0.25, 0.3) is 0 Å². The lowest BCUT2D eigenvalue weighted by Crippen LogP contribution is -2.57. The van der Waals surface area contributed by atoms with E-state index in [-0.39, 0.29) is 0 Å². The smallest absolute Gasteiger partial charge is 0.387 e. The minimum atomic E-state index is -4.67. The van der Waals surface area contributed by atoms with E-state index in [4.69, 9.17) is 14.5 Å². The number of aliphatic hydroxyl groups excluding tert-OH is 3. The molecule has 5 N–H and O–H groups in total. The molecule has 1 fully saturated rings. The van der Waals surface area contributed by atoms with Crippen molar-refractivity contribution >= 4 is 20.5 Å². The quantitative estimate of drug-likeness (QED) is 0.253. The third kappa shape index (κ3) is 3.66. The number of ether oxygens (including phenoxy) is 1. The lowest BCUT2D eigenvalue weighted by Gasteiger charge is -2.38. The molecule has 1 saturated heterocycles. The fourth-order valence-corrected chi connectivity index (χ4v) is 1.91. The average molecular weight is 276 g/mol. The maximum Gasteiger partial charge on any atom is 0.469 e. The van der Waals surface area contributed by atoms with E-state index in [0.717, 1.165) is 0 Å². The van der Waals surface area contributed by atoms with Crippen LogP contribution in [0.2, 0.25) is 0 Å². The molecule has 1 heterocycles. The highest BCUT2D eigenvalue weighted by molar-refractivity contribution is 7.80. The van der Waals surface area contributed by atoms with Crippen LogP contribution >= 0.6 is 20.5 Å². The van der Waals surface area contributed by atoms with Gasteiger partial charge in [-0.2, -0.15) is 0 Å². The van der Waals surface area contributed by atoms with E-state index in [2.05, 4.69) is 17.2 Å². The molecular weight excluding hydrogens is 263 g/mol. The summed E-state index contributed by atoms with van der Waals surface area (Å²) in [5.41, 5.74) is -1.07. The van der Waals surface area contributed by atoms with Crippen LogP contribution in [0.1, 0.15) is 0 Å². The normalized spacial score (nSPS) is 41.0. The molecule has 10 heteroatoms. The largest absolute Gasteiger partial charge is 0.469 e. The van der Waals surface area contributed by atoms with Gasteiger partial charge in [0.15, 0.2) is 0 Å². The maximum atomic E-state index is 10.4. The van der Waals surface area contributed by atoms with Crippen LogP contribution in [0, 0.1) is 0 Å². The molecule has 0 unspecified atom stereocenters. The van der Waals surface area contributed by atoms with Gasteiger partial charge in [0.05, 0.1) is 6.61 Å². The van der Waals surface area contributed by atoms with Crippen LogP contribution in [0.15, 0.2) is 0 Å². The van der Waals surface area contributed by atoms with Crippen LogP contribution in [-0.2, 0) is 13.8 Å². The van der Waals surface area contributed by atoms with Crippen molar-refractivity contribution in [1.82, 2.24) is 0 Å². The number of rotatable bonds is 3. The van der Waals surface area contributed by atoms with Gasteiger partial charge >= 0.3 is 7.82 Å². The SMILES string of the molecule is O=P(O)(O)OC[C@H]1O[C@@H](S)[C@H](O)[C@@H](O)[C@@H]1O. The molecule has 5 atom stereocenters. The molecule has 0 aliphatic carbocycles. The van der Waals surface area contributed by atoms with Gasteiger partial charge in [0, 0.05) is 0 Å². The molecule has 8 nitrogen and oxygen atoms in total. The summed E-state index contributed by atoms with van der Waals surface area (Å²) in [4.78, 5) is 16.9. The van der Waals surface area contributed by atoms with Crippen molar-refractivity contribution in [3.05, 3.63) is 0 Å². The molecule has 0 radical (unpaired) electrons. The van der Waals surface area contributed by atoms with Crippen LogP contribution < -0.4 is 0 Å². The fourth-order valence-electron chi connectivity index (χ4n) is 1.24. The maximum absolute atomic E-state index is 10.4. The summed E-state index contributed by atoms with van der Waals surface area (Å²) < 4.78 is 19.5. The molecule has 0 spiro atoms. The van der Waals surface area contributed by atoms with Crippen molar-refractivity contribution in [2.24, 2.45) is 0 Å². The van der Waals surface area contributed by atoms with E-state index in [1.54, 1.807) is 0 Å². The summed E-state index contributed by atoms with van der Waals surface area (Å²) in [6.45, 7) is -0.619. The Morgan fingerprint density at radius 1 is 1.19 bits per heavy atom. The van der Waals surface area contributed by atoms with E-state index in [0.29, 0.717) is 0 Å². The van der Waals surface area contributed by atoms with Crippen molar-refractivity contribution in [1.29, 1.82) is 0 Å². The van der Waals surface area contributed by atoms with Crippen molar-refractivity contribution in [2.45, 2.75) is 29.9 Å². The van der Waals surface area contributed by atoms with E-state index in [1.807, 2.05) is 0 Å². The van der Waals surface area contributed by atoms with E-state index in [1.165, 1.54) is 0 Å². The lowest BCUT2D eigenvalue weighted by molar-refractivity contribution is -0.204. The van der Waals surface area contributed by atoms with Gasteiger partial charge in [-0.05, 0) is 0 Å². The number of hydrogen-bond donors (Lipinski definition) is 6. The van der Waals surface area contributed by atoms with E-state index < -0.39 is 44.3 Å². The van der Waals surface area contributed by atoms with Gasteiger partial charge in [0.2, 0.25) is 0 Å². The molecular formula is C6H13O8PS. The standard InChI is InChI=1S/C6H13O8PS/c7-3-2(1-13-15(10,11)12)14-6(16)5(9)4(3)8/h2-9,16H,1H2,(H2,10,11,12)/t2-,3-,4+,5-,6+/m1/s1. The second-order valence-electron chi connectivity index (χ2n) is 3.32. The van der Waals surface area contributed by atoms with Gasteiger partial charge < -0.3 is 29.8 Å². The number of thiol groups is 1. The topological polar surface area (TPSA) is 137 Å². The summed E-state index contributed by atoms with van der Waals surface area (Å²) in [6.07, 6.45) is -5.58. The monoisotopic (exact) mass is 276 g/mol. The predicted molar refractivity (Wildman–Crippen MR) is 53.7 cm³/mol. The first-order valence-corrected chi connectivity index (χ1v) is 6.35. The molecule has 0 aromatic carbocycles. The minimum Gasteiger partial charge on any atom is -0.387 e. The van der Waals surface area contributed by atoms with Crippen LogP contribution in [0.4, 0.5) is 0 Å². The summed E-state index contributed by atoms with van der Waals surface area (Å²) in [5.74, 6) is 0. The predicted octanol–water partition coefficient (Wildman–Crippen LogP) is -2.17. The number of phosphoric acid groups is 1. The van der Waals surface area contributed by atoms with Crippen LogP contribution in [0.25, 0.3) is 0 Å². The van der Waals surface area contributed by atoms with Crippen molar-refractivity contribution < 1.29 is 38.9 Å². The molecule has 0 amide bonds. The number of hydrogen-bond acceptors (Lipinski definition) is 7. The highest BCUT2D eigenvalue weighted by Crippen LogP contribution is 2.37. The highest BCUT2D eigenvalue weighted by Gasteiger charge is 2.42. The Morgan fingerprint density at radius 3 is 2.25 bits per heavy atom. The van der Waals surface area contributed by atoms with Crippen LogP contribution in [0.5, 0.6) is 0 Å². The van der Waals surface area contributed by atoms with Crippen LogP contribution in [0.3, 0.4) is 0 Å². The number of phosphoric ester groups is 1. The van der Waals surface area contributed by atoms with E-state index in [9.17, 15) is 19.9 Å². The zero-order chi connectivity index (χ0) is 12.5. The van der Waals surface area contributed by atoms with Gasteiger partial charge in [-0.15, -0.1) is 12.6 Å². The highest BCUT2D eigenvalue weighted by atomic mass is 32.1. The first-order chi connectivity index (χ1) is 7.22. The molecule has 1 rings (SSSR count). The van der Waals surface area contributed by atoms with E-state index >= 15 is 0 Å². The molecule has 0 bridgehead atoms. The van der Waals surface area contributed by atoms with Gasteiger partial charge in [0.1, 0.15) is 29.9 Å². The molecule has 96 valence electrons. The Kier molecular flexibility index (Phi) is 4.76. The third-order valence-electron chi connectivity index (χ3n) is 2.09. The lowest BCUT2D eigenvalue weighted by atomic mass is 10.0. The zero-order valence-corrected chi connectivity index (χ0v) is 9.74. The Bertz CT molecular complexity index is 282. The second kappa shape index (κ2) is 5.30. The van der Waals surface area contributed by atoms with Crippen LogP contribution in [-0.4, -0.2) is 61.6 Å². The van der Waals surface area contributed by atoms with Crippen molar-refractivity contribution in [3.8, 4) is 0 Å². The van der Waals surface area contributed by atoms with Crippen molar-refractivity contribution in [3.63, 3.8) is 0 Å². The molecule has 1 aliphatic heterocycles. The van der Waals surface area contributed by atoms with Gasteiger partial charge in [-0.3, -0.25) is 4.52 Å². The summed E-state index contributed by atoms with van der Waals surface area (Å²) in [7, 11) is -4.67. The Hall–Kier alpha value is 0.300. The minimum absolute atomic E-state index is 0.619. The fraction of sp³-hybridized carbons (Fsp3) is 1.00. The van der Waals surface area contributed by atoms with Gasteiger partial charge in [-0.25, -0.2) is 4.57 Å².